The van der Waals surface area contributed by atoms with Crippen LogP contribution in [-0.4, -0.2) is 37.0 Å². The van der Waals surface area contributed by atoms with Crippen LogP contribution >= 0.6 is 22.7 Å². The largest absolute Gasteiger partial charge is 0.370 e. The normalized spacial score (nSPS) is 17.5. The first-order valence-electron chi connectivity index (χ1n) is 8.16. The van der Waals surface area contributed by atoms with E-state index in [4.69, 9.17) is 5.73 Å². The molecule has 6 heteroatoms. The van der Waals surface area contributed by atoms with Crippen molar-refractivity contribution >= 4 is 28.6 Å². The molecule has 3 N–H and O–H groups in total. The molecule has 0 aliphatic carbocycles. The molecular weight excluding hydrogens is 324 g/mol. The van der Waals surface area contributed by atoms with Gasteiger partial charge in [0.25, 0.3) is 0 Å². The van der Waals surface area contributed by atoms with Crippen molar-refractivity contribution in [2.75, 3.05) is 26.2 Å². The van der Waals surface area contributed by atoms with Gasteiger partial charge in [0.15, 0.2) is 5.96 Å². The second kappa shape index (κ2) is 8.47. The summed E-state index contributed by atoms with van der Waals surface area (Å²) < 4.78 is 0. The Morgan fingerprint density at radius 2 is 2.00 bits per heavy atom. The molecule has 3 rings (SSSR count). The lowest BCUT2D eigenvalue weighted by Gasteiger charge is -2.25. The monoisotopic (exact) mass is 348 g/mol. The number of aliphatic imine (C=N–C) groups is 1. The van der Waals surface area contributed by atoms with Crippen molar-refractivity contribution in [1.82, 2.24) is 10.2 Å². The fourth-order valence-electron chi connectivity index (χ4n) is 2.93. The van der Waals surface area contributed by atoms with Gasteiger partial charge >= 0.3 is 0 Å². The van der Waals surface area contributed by atoms with E-state index in [-0.39, 0.29) is 0 Å². The number of guanidine groups is 1. The molecule has 1 aliphatic rings. The molecule has 124 valence electrons. The first-order chi connectivity index (χ1) is 11.3. The SMILES string of the molecule is NC(=NCC(c1cccs1)N1CCCC1)NCCc1cccs1. The predicted octanol–water partition coefficient (Wildman–Crippen LogP) is 3.09. The Balaban J connectivity index is 1.52. The minimum atomic E-state index is 0.371. The van der Waals surface area contributed by atoms with Gasteiger partial charge < -0.3 is 11.1 Å². The van der Waals surface area contributed by atoms with E-state index < -0.39 is 0 Å². The van der Waals surface area contributed by atoms with Crippen LogP contribution in [-0.2, 0) is 6.42 Å². The van der Waals surface area contributed by atoms with Crippen molar-refractivity contribution in [3.63, 3.8) is 0 Å². The molecule has 1 saturated heterocycles. The molecule has 0 amide bonds. The Bertz CT molecular complexity index is 586. The first-order valence-corrected chi connectivity index (χ1v) is 9.92. The summed E-state index contributed by atoms with van der Waals surface area (Å²) in [5.74, 6) is 0.558. The zero-order valence-electron chi connectivity index (χ0n) is 13.3. The fraction of sp³-hybridized carbons (Fsp3) is 0.471. The summed E-state index contributed by atoms with van der Waals surface area (Å²) >= 11 is 3.60. The van der Waals surface area contributed by atoms with Crippen LogP contribution in [0.4, 0.5) is 0 Å². The summed E-state index contributed by atoms with van der Waals surface area (Å²) in [5.41, 5.74) is 6.04. The van der Waals surface area contributed by atoms with Crippen LogP contribution in [0.15, 0.2) is 40.0 Å². The molecule has 0 radical (unpaired) electrons. The molecule has 0 spiro atoms. The minimum absolute atomic E-state index is 0.371. The average molecular weight is 349 g/mol. The molecule has 0 bridgehead atoms. The number of hydrogen-bond acceptors (Lipinski definition) is 4. The van der Waals surface area contributed by atoms with Crippen LogP contribution in [0, 0.1) is 0 Å². The maximum absolute atomic E-state index is 6.04. The molecule has 1 aliphatic heterocycles. The highest BCUT2D eigenvalue weighted by Crippen LogP contribution is 2.28. The maximum Gasteiger partial charge on any atom is 0.188 e. The third-order valence-electron chi connectivity index (χ3n) is 4.15. The molecule has 0 saturated carbocycles. The van der Waals surface area contributed by atoms with Gasteiger partial charge in [0.2, 0.25) is 0 Å². The molecule has 23 heavy (non-hydrogen) atoms. The highest BCUT2D eigenvalue weighted by Gasteiger charge is 2.23. The van der Waals surface area contributed by atoms with E-state index in [1.54, 1.807) is 11.3 Å². The zero-order valence-corrected chi connectivity index (χ0v) is 14.9. The molecular formula is C17H24N4S2. The van der Waals surface area contributed by atoms with Gasteiger partial charge in [-0.1, -0.05) is 12.1 Å². The number of nitrogens with two attached hydrogens (primary N) is 1. The van der Waals surface area contributed by atoms with Gasteiger partial charge in [-0.2, -0.15) is 0 Å². The van der Waals surface area contributed by atoms with E-state index in [0.717, 1.165) is 19.5 Å². The molecule has 3 heterocycles. The molecule has 2 aromatic rings. The van der Waals surface area contributed by atoms with Crippen LogP contribution in [0.2, 0.25) is 0 Å². The van der Waals surface area contributed by atoms with Gasteiger partial charge in [-0.3, -0.25) is 9.89 Å². The van der Waals surface area contributed by atoms with E-state index in [1.807, 2.05) is 11.3 Å². The summed E-state index contributed by atoms with van der Waals surface area (Å²) in [4.78, 5) is 9.90. The number of likely N-dealkylation sites (tertiary alicyclic amines) is 1. The highest BCUT2D eigenvalue weighted by atomic mass is 32.1. The smallest absolute Gasteiger partial charge is 0.188 e. The second-order valence-electron chi connectivity index (χ2n) is 5.76. The van der Waals surface area contributed by atoms with E-state index >= 15 is 0 Å². The quantitative estimate of drug-likeness (QED) is 0.597. The van der Waals surface area contributed by atoms with E-state index in [1.165, 1.54) is 35.7 Å². The highest BCUT2D eigenvalue weighted by molar-refractivity contribution is 7.10. The lowest BCUT2D eigenvalue weighted by Crippen LogP contribution is -2.35. The lowest BCUT2D eigenvalue weighted by molar-refractivity contribution is 0.255. The Labute approximate surface area is 146 Å². The summed E-state index contributed by atoms with van der Waals surface area (Å²) in [6, 6.07) is 8.94. The Kier molecular flexibility index (Phi) is 6.07. The van der Waals surface area contributed by atoms with Crippen molar-refractivity contribution in [2.24, 2.45) is 10.7 Å². The van der Waals surface area contributed by atoms with Gasteiger partial charge in [0, 0.05) is 16.3 Å². The molecule has 4 nitrogen and oxygen atoms in total. The first kappa shape index (κ1) is 16.5. The Morgan fingerprint density at radius 1 is 1.22 bits per heavy atom. The van der Waals surface area contributed by atoms with Crippen LogP contribution < -0.4 is 11.1 Å². The predicted molar refractivity (Wildman–Crippen MR) is 100 cm³/mol. The van der Waals surface area contributed by atoms with Crippen LogP contribution in [0.5, 0.6) is 0 Å². The Hall–Kier alpha value is -1.37. The van der Waals surface area contributed by atoms with Crippen molar-refractivity contribution in [1.29, 1.82) is 0 Å². The lowest BCUT2D eigenvalue weighted by atomic mass is 10.2. The van der Waals surface area contributed by atoms with Gasteiger partial charge in [-0.25, -0.2) is 0 Å². The molecule has 1 unspecified atom stereocenters. The number of thiophene rings is 2. The molecule has 0 aromatic carbocycles. The number of nitrogens with zero attached hydrogens (tertiary/aromatic N) is 2. The fourth-order valence-corrected chi connectivity index (χ4v) is 4.49. The van der Waals surface area contributed by atoms with Gasteiger partial charge in [0.05, 0.1) is 12.6 Å². The topological polar surface area (TPSA) is 53.6 Å². The summed E-state index contributed by atoms with van der Waals surface area (Å²) in [7, 11) is 0. The Morgan fingerprint density at radius 3 is 2.70 bits per heavy atom. The number of nitrogens with one attached hydrogen (secondary N) is 1. The summed E-state index contributed by atoms with van der Waals surface area (Å²) in [6.45, 7) is 3.91. The molecule has 2 aromatic heterocycles. The van der Waals surface area contributed by atoms with Crippen LogP contribution in [0.3, 0.4) is 0 Å². The van der Waals surface area contributed by atoms with E-state index in [0.29, 0.717) is 12.0 Å². The maximum atomic E-state index is 6.04. The minimum Gasteiger partial charge on any atom is -0.370 e. The van der Waals surface area contributed by atoms with Crippen molar-refractivity contribution in [3.05, 3.63) is 44.8 Å². The number of rotatable bonds is 7. The van der Waals surface area contributed by atoms with Crippen molar-refractivity contribution in [2.45, 2.75) is 25.3 Å². The van der Waals surface area contributed by atoms with Gasteiger partial charge in [-0.15, -0.1) is 22.7 Å². The van der Waals surface area contributed by atoms with Crippen molar-refractivity contribution < 1.29 is 0 Å². The van der Waals surface area contributed by atoms with Crippen LogP contribution in [0.1, 0.15) is 28.6 Å². The number of hydrogen-bond donors (Lipinski definition) is 2. The van der Waals surface area contributed by atoms with E-state index in [2.05, 4.69) is 50.2 Å². The summed E-state index contributed by atoms with van der Waals surface area (Å²) in [6.07, 6.45) is 3.58. The third-order valence-corrected chi connectivity index (χ3v) is 6.05. The summed E-state index contributed by atoms with van der Waals surface area (Å²) in [5, 5.41) is 7.48. The molecule has 1 fully saturated rings. The van der Waals surface area contributed by atoms with Crippen molar-refractivity contribution in [3.8, 4) is 0 Å². The van der Waals surface area contributed by atoms with Crippen LogP contribution in [0.25, 0.3) is 0 Å². The third kappa shape index (κ3) is 4.80. The van der Waals surface area contributed by atoms with Gasteiger partial charge in [-0.05, 0) is 55.2 Å². The zero-order chi connectivity index (χ0) is 15.9. The van der Waals surface area contributed by atoms with E-state index in [9.17, 15) is 0 Å². The van der Waals surface area contributed by atoms with Gasteiger partial charge in [0.1, 0.15) is 0 Å². The second-order valence-corrected chi connectivity index (χ2v) is 7.77. The average Bonchev–Trinajstić information content (AvgIpc) is 3.31. The molecule has 1 atom stereocenters. The standard InChI is InChI=1S/C17H24N4S2/c18-17(19-8-7-14-5-3-11-22-14)20-13-15(16-6-4-12-23-16)21-9-1-2-10-21/h3-6,11-12,15H,1-2,7-10,13H2,(H3,18,19,20).